The maximum atomic E-state index is 12.1. The summed E-state index contributed by atoms with van der Waals surface area (Å²) in [5, 5.41) is 3.10. The Balaban J connectivity index is 1.94. The fourth-order valence-electron chi connectivity index (χ4n) is 1.99. The summed E-state index contributed by atoms with van der Waals surface area (Å²) in [6.45, 7) is 3.90. The molecule has 0 bridgehead atoms. The third kappa shape index (κ3) is 4.16. The van der Waals surface area contributed by atoms with Crippen molar-refractivity contribution in [2.24, 2.45) is 0 Å². The molecular weight excluding hydrogens is 278 g/mol. The molecule has 1 unspecified atom stereocenters. The summed E-state index contributed by atoms with van der Waals surface area (Å²) in [5.41, 5.74) is 0. The van der Waals surface area contributed by atoms with Gasteiger partial charge in [0.1, 0.15) is 10.7 Å². The number of rotatable bonds is 7. The Morgan fingerprint density at radius 3 is 2.90 bits per heavy atom. The average Bonchev–Trinajstić information content (AvgIpc) is 2.97. The number of pyridine rings is 1. The molecule has 0 saturated carbocycles. The Hall–Kier alpha value is -1.18. The Morgan fingerprint density at radius 1 is 1.45 bits per heavy atom. The number of sulfonamides is 1. The second kappa shape index (κ2) is 7.01. The number of aromatic nitrogens is 1. The molecule has 2 rings (SSSR count). The third-order valence-electron chi connectivity index (χ3n) is 3.13. The van der Waals surface area contributed by atoms with Gasteiger partial charge in [0, 0.05) is 25.9 Å². The predicted octanol–water partition coefficient (Wildman–Crippen LogP) is 1.36. The minimum Gasteiger partial charge on any atom is -0.377 e. The molecular formula is C13H21N3O3S. The van der Waals surface area contributed by atoms with Gasteiger partial charge in [-0.3, -0.25) is 0 Å². The Morgan fingerprint density at radius 2 is 2.30 bits per heavy atom. The molecule has 0 radical (unpaired) electrons. The Labute approximate surface area is 120 Å². The van der Waals surface area contributed by atoms with Gasteiger partial charge in [0.25, 0.3) is 0 Å². The van der Waals surface area contributed by atoms with Crippen molar-refractivity contribution in [3.63, 3.8) is 0 Å². The molecule has 1 aliphatic heterocycles. The fraction of sp³-hybridized carbons (Fsp3) is 0.615. The highest BCUT2D eigenvalue weighted by molar-refractivity contribution is 7.89. The summed E-state index contributed by atoms with van der Waals surface area (Å²) in [6.07, 6.45) is 4.25. The molecule has 2 heterocycles. The molecule has 2 N–H and O–H groups in total. The molecule has 6 nitrogen and oxygen atoms in total. The van der Waals surface area contributed by atoms with Crippen LogP contribution in [0.1, 0.15) is 26.2 Å². The quantitative estimate of drug-likeness (QED) is 0.794. The maximum Gasteiger partial charge on any atom is 0.242 e. The van der Waals surface area contributed by atoms with Gasteiger partial charge in [-0.2, -0.15) is 0 Å². The normalized spacial score (nSPS) is 19.1. The van der Waals surface area contributed by atoms with Gasteiger partial charge in [0.15, 0.2) is 0 Å². The number of ether oxygens (including phenoxy) is 1. The molecule has 1 aromatic heterocycles. The summed E-state index contributed by atoms with van der Waals surface area (Å²) in [4.78, 5) is 4.28. The maximum absolute atomic E-state index is 12.1. The van der Waals surface area contributed by atoms with Crippen LogP contribution in [-0.2, 0) is 14.8 Å². The van der Waals surface area contributed by atoms with Crippen LogP contribution in [0.5, 0.6) is 0 Å². The lowest BCUT2D eigenvalue weighted by Gasteiger charge is -2.11. The van der Waals surface area contributed by atoms with Gasteiger partial charge in [-0.15, -0.1) is 0 Å². The highest BCUT2D eigenvalue weighted by atomic mass is 32.2. The van der Waals surface area contributed by atoms with E-state index in [9.17, 15) is 8.42 Å². The lowest BCUT2D eigenvalue weighted by molar-refractivity contribution is 0.114. The van der Waals surface area contributed by atoms with Crippen LogP contribution in [0, 0.1) is 0 Å². The topological polar surface area (TPSA) is 80.3 Å². The molecule has 0 amide bonds. The van der Waals surface area contributed by atoms with E-state index >= 15 is 0 Å². The molecule has 112 valence electrons. The van der Waals surface area contributed by atoms with Gasteiger partial charge in [-0.1, -0.05) is 6.92 Å². The first-order valence-corrected chi connectivity index (χ1v) is 8.41. The molecule has 0 aromatic carbocycles. The highest BCUT2D eigenvalue weighted by Crippen LogP contribution is 2.14. The van der Waals surface area contributed by atoms with E-state index in [-0.39, 0.29) is 11.0 Å². The van der Waals surface area contributed by atoms with E-state index in [1.165, 1.54) is 6.20 Å². The lowest BCUT2D eigenvalue weighted by atomic mass is 10.2. The highest BCUT2D eigenvalue weighted by Gasteiger charge is 2.20. The zero-order valence-electron chi connectivity index (χ0n) is 11.6. The molecule has 1 aliphatic rings. The van der Waals surface area contributed by atoms with Gasteiger partial charge < -0.3 is 10.1 Å². The van der Waals surface area contributed by atoms with Crippen molar-refractivity contribution < 1.29 is 13.2 Å². The number of hydrogen-bond acceptors (Lipinski definition) is 5. The number of hydrogen-bond donors (Lipinski definition) is 2. The van der Waals surface area contributed by atoms with Crippen molar-refractivity contribution in [1.82, 2.24) is 9.71 Å². The molecule has 1 fully saturated rings. The van der Waals surface area contributed by atoms with E-state index in [0.29, 0.717) is 19.0 Å². The smallest absolute Gasteiger partial charge is 0.242 e. The minimum atomic E-state index is -3.51. The van der Waals surface area contributed by atoms with Crippen molar-refractivity contribution in [2.45, 2.75) is 37.2 Å². The van der Waals surface area contributed by atoms with Crippen LogP contribution in [0.4, 0.5) is 5.82 Å². The summed E-state index contributed by atoms with van der Waals surface area (Å²) < 4.78 is 32.1. The number of nitrogens with one attached hydrogen (secondary N) is 2. The van der Waals surface area contributed by atoms with Gasteiger partial charge in [-0.25, -0.2) is 18.1 Å². The standard InChI is InChI=1S/C13H21N3O3S/c1-2-7-14-13-6-5-12(10-15-13)20(17,18)16-9-11-4-3-8-19-11/h5-6,10-11,16H,2-4,7-9H2,1H3,(H,14,15). The van der Waals surface area contributed by atoms with Crippen LogP contribution >= 0.6 is 0 Å². The second-order valence-electron chi connectivity index (χ2n) is 4.79. The molecule has 1 atom stereocenters. The second-order valence-corrected chi connectivity index (χ2v) is 6.56. The van der Waals surface area contributed by atoms with Crippen LogP contribution in [0.15, 0.2) is 23.2 Å². The monoisotopic (exact) mass is 299 g/mol. The molecule has 0 aliphatic carbocycles. The van der Waals surface area contributed by atoms with E-state index in [2.05, 4.69) is 21.9 Å². The predicted molar refractivity (Wildman–Crippen MR) is 77.2 cm³/mol. The molecule has 1 aromatic rings. The van der Waals surface area contributed by atoms with Crippen molar-refractivity contribution in [2.75, 3.05) is 25.0 Å². The first kappa shape index (κ1) is 15.2. The molecule has 7 heteroatoms. The number of nitrogens with zero attached hydrogens (tertiary/aromatic N) is 1. The van der Waals surface area contributed by atoms with E-state index in [1.54, 1.807) is 12.1 Å². The number of anilines is 1. The molecule has 20 heavy (non-hydrogen) atoms. The van der Waals surface area contributed by atoms with Crippen molar-refractivity contribution in [3.05, 3.63) is 18.3 Å². The van der Waals surface area contributed by atoms with E-state index in [0.717, 1.165) is 25.8 Å². The van der Waals surface area contributed by atoms with Gasteiger partial charge in [0.05, 0.1) is 6.10 Å². The lowest BCUT2D eigenvalue weighted by Crippen LogP contribution is -2.31. The Kier molecular flexibility index (Phi) is 5.33. The van der Waals surface area contributed by atoms with Crippen LogP contribution in [0.25, 0.3) is 0 Å². The van der Waals surface area contributed by atoms with Crippen LogP contribution in [0.2, 0.25) is 0 Å². The first-order chi connectivity index (χ1) is 9.62. The SMILES string of the molecule is CCCNc1ccc(S(=O)(=O)NCC2CCCO2)cn1. The third-order valence-corrected chi connectivity index (χ3v) is 4.54. The van der Waals surface area contributed by atoms with E-state index in [4.69, 9.17) is 4.74 Å². The van der Waals surface area contributed by atoms with Crippen molar-refractivity contribution >= 4 is 15.8 Å². The molecule has 1 saturated heterocycles. The minimum absolute atomic E-state index is 0.0109. The van der Waals surface area contributed by atoms with Gasteiger partial charge >= 0.3 is 0 Å². The zero-order valence-corrected chi connectivity index (χ0v) is 12.4. The Bertz CT molecular complexity index is 510. The van der Waals surface area contributed by atoms with E-state index in [1.807, 2.05) is 0 Å². The van der Waals surface area contributed by atoms with E-state index < -0.39 is 10.0 Å². The molecule has 0 spiro atoms. The first-order valence-electron chi connectivity index (χ1n) is 6.93. The van der Waals surface area contributed by atoms with Gasteiger partial charge in [-0.05, 0) is 31.4 Å². The largest absolute Gasteiger partial charge is 0.377 e. The summed E-state index contributed by atoms with van der Waals surface area (Å²) in [6, 6.07) is 3.24. The summed E-state index contributed by atoms with van der Waals surface area (Å²) >= 11 is 0. The van der Waals surface area contributed by atoms with Crippen molar-refractivity contribution in [3.8, 4) is 0 Å². The van der Waals surface area contributed by atoms with Crippen LogP contribution in [0.3, 0.4) is 0 Å². The van der Waals surface area contributed by atoms with Gasteiger partial charge in [0.2, 0.25) is 10.0 Å². The summed E-state index contributed by atoms with van der Waals surface area (Å²) in [7, 11) is -3.51. The average molecular weight is 299 g/mol. The summed E-state index contributed by atoms with van der Waals surface area (Å²) in [5.74, 6) is 0.685. The zero-order chi connectivity index (χ0) is 14.4. The van der Waals surface area contributed by atoms with Crippen molar-refractivity contribution in [1.29, 1.82) is 0 Å². The fourth-order valence-corrected chi connectivity index (χ4v) is 3.00. The van der Waals surface area contributed by atoms with Crippen LogP contribution < -0.4 is 10.0 Å². The van der Waals surface area contributed by atoms with Crippen LogP contribution in [-0.4, -0.2) is 39.2 Å².